The topological polar surface area (TPSA) is 24.1 Å². The molecule has 0 rings (SSSR count). The van der Waals surface area contributed by atoms with Gasteiger partial charge in [0.2, 0.25) is 0 Å². The van der Waals surface area contributed by atoms with Crippen LogP contribution in [0, 0.1) is 5.92 Å². The highest BCUT2D eigenvalue weighted by Gasteiger charge is 2.11. The molecular weight excluding hydrogens is 184 g/mol. The Labute approximate surface area is 96.2 Å². The zero-order valence-electron chi connectivity index (χ0n) is 11.5. The van der Waals surface area contributed by atoms with Gasteiger partial charge in [0.15, 0.2) is 0 Å². The minimum Gasteiger partial charge on any atom is -0.313 e. The van der Waals surface area contributed by atoms with Gasteiger partial charge in [-0.1, -0.05) is 26.7 Å². The van der Waals surface area contributed by atoms with E-state index in [1.165, 1.54) is 12.8 Å². The lowest BCUT2D eigenvalue weighted by molar-refractivity contribution is 0.364. The predicted molar refractivity (Wildman–Crippen MR) is 69.3 cm³/mol. The van der Waals surface area contributed by atoms with Crippen LogP contribution >= 0.6 is 0 Å². The summed E-state index contributed by atoms with van der Waals surface area (Å²) >= 11 is 0. The molecule has 0 bridgehead atoms. The first kappa shape index (κ1) is 14.9. The van der Waals surface area contributed by atoms with Crippen LogP contribution in [0.15, 0.2) is 0 Å². The van der Waals surface area contributed by atoms with Crippen molar-refractivity contribution in [1.29, 1.82) is 0 Å². The van der Waals surface area contributed by atoms with Crippen LogP contribution in [0.1, 0.15) is 54.4 Å². The summed E-state index contributed by atoms with van der Waals surface area (Å²) in [5, 5.41) is 7.11. The maximum Gasteiger partial charge on any atom is 0.0164 e. The van der Waals surface area contributed by atoms with Crippen molar-refractivity contribution in [2.75, 3.05) is 13.1 Å². The smallest absolute Gasteiger partial charge is 0.0164 e. The molecule has 0 fully saturated rings. The molecule has 0 aromatic heterocycles. The second kappa shape index (κ2) is 7.24. The summed E-state index contributed by atoms with van der Waals surface area (Å²) in [6.45, 7) is 15.6. The first-order chi connectivity index (χ1) is 6.89. The fourth-order valence-corrected chi connectivity index (χ4v) is 1.48. The normalized spacial score (nSPS) is 14.6. The van der Waals surface area contributed by atoms with Gasteiger partial charge in [-0.2, -0.15) is 0 Å². The minimum atomic E-state index is 0.227. The summed E-state index contributed by atoms with van der Waals surface area (Å²) in [6.07, 6.45) is 2.56. The molecule has 15 heavy (non-hydrogen) atoms. The van der Waals surface area contributed by atoms with E-state index >= 15 is 0 Å². The highest BCUT2D eigenvalue weighted by Crippen LogP contribution is 2.05. The van der Waals surface area contributed by atoms with Crippen molar-refractivity contribution in [3.63, 3.8) is 0 Å². The van der Waals surface area contributed by atoms with E-state index in [9.17, 15) is 0 Å². The molecule has 2 N–H and O–H groups in total. The van der Waals surface area contributed by atoms with Crippen molar-refractivity contribution in [2.45, 2.75) is 66.0 Å². The molecule has 0 saturated carbocycles. The fraction of sp³-hybridized carbons (Fsp3) is 1.00. The van der Waals surface area contributed by atoms with E-state index in [0.29, 0.717) is 6.04 Å². The Morgan fingerprint density at radius 2 is 1.53 bits per heavy atom. The predicted octanol–water partition coefficient (Wildman–Crippen LogP) is 2.79. The molecule has 0 amide bonds. The molecule has 0 aromatic rings. The van der Waals surface area contributed by atoms with Gasteiger partial charge in [0, 0.05) is 18.1 Å². The van der Waals surface area contributed by atoms with Crippen molar-refractivity contribution < 1.29 is 0 Å². The summed E-state index contributed by atoms with van der Waals surface area (Å²) in [4.78, 5) is 0. The third-order valence-electron chi connectivity index (χ3n) is 2.85. The van der Waals surface area contributed by atoms with E-state index in [0.717, 1.165) is 19.0 Å². The summed E-state index contributed by atoms with van der Waals surface area (Å²) in [5.41, 5.74) is 0.227. The van der Waals surface area contributed by atoms with E-state index in [-0.39, 0.29) is 5.54 Å². The Kier molecular flexibility index (Phi) is 7.20. The van der Waals surface area contributed by atoms with Crippen LogP contribution in [0.3, 0.4) is 0 Å². The van der Waals surface area contributed by atoms with E-state index in [2.05, 4.69) is 52.2 Å². The summed E-state index contributed by atoms with van der Waals surface area (Å²) in [7, 11) is 0. The van der Waals surface area contributed by atoms with Gasteiger partial charge in [-0.3, -0.25) is 0 Å². The standard InChI is InChI=1S/C13H30N2/c1-7-12(8-2)10-14-11(3)9-15-13(4,5)6/h11-12,14-15H,7-10H2,1-6H3. The second-order valence-corrected chi connectivity index (χ2v) is 5.62. The molecule has 0 spiro atoms. The quantitative estimate of drug-likeness (QED) is 0.681. The molecule has 0 aromatic carbocycles. The molecule has 0 heterocycles. The van der Waals surface area contributed by atoms with E-state index in [1.54, 1.807) is 0 Å². The van der Waals surface area contributed by atoms with Crippen LogP contribution in [0.2, 0.25) is 0 Å². The number of hydrogen-bond acceptors (Lipinski definition) is 2. The van der Waals surface area contributed by atoms with Gasteiger partial charge < -0.3 is 10.6 Å². The SMILES string of the molecule is CCC(CC)CNC(C)CNC(C)(C)C. The van der Waals surface area contributed by atoms with Gasteiger partial charge >= 0.3 is 0 Å². The highest BCUT2D eigenvalue weighted by atomic mass is 15.0. The van der Waals surface area contributed by atoms with Gasteiger partial charge in [0.1, 0.15) is 0 Å². The lowest BCUT2D eigenvalue weighted by atomic mass is 10.0. The van der Waals surface area contributed by atoms with Crippen molar-refractivity contribution in [3.05, 3.63) is 0 Å². The molecule has 2 nitrogen and oxygen atoms in total. The molecule has 0 aliphatic heterocycles. The monoisotopic (exact) mass is 214 g/mol. The van der Waals surface area contributed by atoms with E-state index < -0.39 is 0 Å². The van der Waals surface area contributed by atoms with Gasteiger partial charge in [-0.05, 0) is 40.2 Å². The molecule has 2 heteroatoms. The van der Waals surface area contributed by atoms with Crippen molar-refractivity contribution in [1.82, 2.24) is 10.6 Å². The third-order valence-corrected chi connectivity index (χ3v) is 2.85. The molecule has 0 saturated heterocycles. The first-order valence-corrected chi connectivity index (χ1v) is 6.37. The fourth-order valence-electron chi connectivity index (χ4n) is 1.48. The van der Waals surface area contributed by atoms with E-state index in [4.69, 9.17) is 0 Å². The number of nitrogens with one attached hydrogen (secondary N) is 2. The van der Waals surface area contributed by atoms with Crippen molar-refractivity contribution in [3.8, 4) is 0 Å². The minimum absolute atomic E-state index is 0.227. The van der Waals surface area contributed by atoms with Crippen LogP contribution < -0.4 is 10.6 Å². The molecule has 1 unspecified atom stereocenters. The van der Waals surface area contributed by atoms with Gasteiger partial charge in [0.05, 0.1) is 0 Å². The molecule has 0 radical (unpaired) electrons. The molecule has 0 aliphatic rings. The Morgan fingerprint density at radius 3 is 1.93 bits per heavy atom. The highest BCUT2D eigenvalue weighted by molar-refractivity contribution is 4.74. The number of rotatable bonds is 7. The van der Waals surface area contributed by atoms with Crippen LogP contribution in [0.5, 0.6) is 0 Å². The van der Waals surface area contributed by atoms with Crippen LogP contribution in [0.25, 0.3) is 0 Å². The zero-order valence-corrected chi connectivity index (χ0v) is 11.5. The van der Waals surface area contributed by atoms with Crippen LogP contribution in [-0.2, 0) is 0 Å². The van der Waals surface area contributed by atoms with Gasteiger partial charge in [-0.25, -0.2) is 0 Å². The molecular formula is C13H30N2. The summed E-state index contributed by atoms with van der Waals surface area (Å²) < 4.78 is 0. The Bertz CT molecular complexity index is 145. The largest absolute Gasteiger partial charge is 0.313 e. The molecule has 92 valence electrons. The van der Waals surface area contributed by atoms with Crippen molar-refractivity contribution >= 4 is 0 Å². The summed E-state index contributed by atoms with van der Waals surface area (Å²) in [5.74, 6) is 0.835. The lowest BCUT2D eigenvalue weighted by Crippen LogP contribution is -2.45. The molecule has 1 atom stereocenters. The van der Waals surface area contributed by atoms with Crippen molar-refractivity contribution in [2.24, 2.45) is 5.92 Å². The molecule has 0 aliphatic carbocycles. The van der Waals surface area contributed by atoms with Crippen LogP contribution in [-0.4, -0.2) is 24.7 Å². The third kappa shape index (κ3) is 8.88. The number of hydrogen-bond donors (Lipinski definition) is 2. The maximum absolute atomic E-state index is 3.59. The average molecular weight is 214 g/mol. The Hall–Kier alpha value is -0.0800. The van der Waals surface area contributed by atoms with Crippen LogP contribution in [0.4, 0.5) is 0 Å². The van der Waals surface area contributed by atoms with E-state index in [1.807, 2.05) is 0 Å². The Morgan fingerprint density at radius 1 is 1.00 bits per heavy atom. The zero-order chi connectivity index (χ0) is 11.9. The Balaban J connectivity index is 3.61. The van der Waals surface area contributed by atoms with Gasteiger partial charge in [-0.15, -0.1) is 0 Å². The first-order valence-electron chi connectivity index (χ1n) is 6.37. The summed E-state index contributed by atoms with van der Waals surface area (Å²) in [6, 6.07) is 0.560. The lowest BCUT2D eigenvalue weighted by Gasteiger charge is -2.25. The second-order valence-electron chi connectivity index (χ2n) is 5.62. The maximum atomic E-state index is 3.59. The van der Waals surface area contributed by atoms with Gasteiger partial charge in [0.25, 0.3) is 0 Å². The average Bonchev–Trinajstić information content (AvgIpc) is 2.15.